The van der Waals surface area contributed by atoms with Gasteiger partial charge in [0.2, 0.25) is 16.6 Å². The zero-order valence-electron chi connectivity index (χ0n) is 19.3. The molecule has 0 spiro atoms. The standard InChI is InChI=1S/C25H23N3O6S/c1-30-21-11-16(13-26-28-25-27-19(15-35-25)17-7-5-4-6-8-17)12-22(31-2)23(21)33-14-18-9-10-20(34-18)24(29)32-3/h4-13,15H,14H2,1-3H3,(H,27,28). The van der Waals surface area contributed by atoms with Crippen LogP contribution in [0.3, 0.4) is 0 Å². The molecule has 0 aliphatic carbocycles. The minimum absolute atomic E-state index is 0.0620. The number of furan rings is 1. The van der Waals surface area contributed by atoms with Crippen molar-refractivity contribution in [3.8, 4) is 28.5 Å². The predicted molar refractivity (Wildman–Crippen MR) is 133 cm³/mol. The highest BCUT2D eigenvalue weighted by Gasteiger charge is 2.16. The number of benzene rings is 2. The topological polar surface area (TPSA) is 104 Å². The van der Waals surface area contributed by atoms with Crippen LogP contribution < -0.4 is 19.6 Å². The molecule has 0 atom stereocenters. The molecule has 0 aliphatic rings. The van der Waals surface area contributed by atoms with Crippen LogP contribution >= 0.6 is 11.3 Å². The Bertz CT molecular complexity index is 1290. The van der Waals surface area contributed by atoms with Crippen molar-refractivity contribution in [1.82, 2.24) is 4.98 Å². The Morgan fingerprint density at radius 1 is 1.09 bits per heavy atom. The van der Waals surface area contributed by atoms with E-state index in [1.807, 2.05) is 35.7 Å². The van der Waals surface area contributed by atoms with E-state index in [1.54, 1.807) is 24.4 Å². The van der Waals surface area contributed by atoms with Gasteiger partial charge in [0, 0.05) is 16.5 Å². The molecule has 0 fully saturated rings. The van der Waals surface area contributed by atoms with E-state index in [1.165, 1.54) is 38.7 Å². The number of hydrazone groups is 1. The summed E-state index contributed by atoms with van der Waals surface area (Å²) in [4.78, 5) is 16.1. The van der Waals surface area contributed by atoms with Crippen molar-refractivity contribution in [3.63, 3.8) is 0 Å². The van der Waals surface area contributed by atoms with Crippen LogP contribution in [0.25, 0.3) is 11.3 Å². The Morgan fingerprint density at radius 3 is 2.51 bits per heavy atom. The molecule has 4 rings (SSSR count). The lowest BCUT2D eigenvalue weighted by Gasteiger charge is -2.14. The summed E-state index contributed by atoms with van der Waals surface area (Å²) in [6.07, 6.45) is 1.63. The lowest BCUT2D eigenvalue weighted by atomic mass is 10.2. The largest absolute Gasteiger partial charge is 0.493 e. The average Bonchev–Trinajstić information content (AvgIpc) is 3.57. The number of esters is 1. The molecule has 0 radical (unpaired) electrons. The highest BCUT2D eigenvalue weighted by atomic mass is 32.1. The fourth-order valence-electron chi connectivity index (χ4n) is 3.15. The van der Waals surface area contributed by atoms with Crippen LogP contribution in [0.15, 0.2) is 69.5 Å². The van der Waals surface area contributed by atoms with Crippen LogP contribution in [-0.4, -0.2) is 38.5 Å². The summed E-state index contributed by atoms with van der Waals surface area (Å²) in [5, 5.41) is 6.92. The molecule has 2 heterocycles. The molecule has 2 aromatic heterocycles. The third-order valence-electron chi connectivity index (χ3n) is 4.84. The molecule has 9 nitrogen and oxygen atoms in total. The Kier molecular flexibility index (Phi) is 7.63. The average molecular weight is 494 g/mol. The van der Waals surface area contributed by atoms with Gasteiger partial charge in [0.1, 0.15) is 12.4 Å². The Labute approximate surface area is 205 Å². The van der Waals surface area contributed by atoms with Crippen LogP contribution in [0, 0.1) is 0 Å². The summed E-state index contributed by atoms with van der Waals surface area (Å²) in [7, 11) is 4.35. The maximum atomic E-state index is 11.6. The molecule has 0 amide bonds. The number of methoxy groups -OCH3 is 3. The van der Waals surface area contributed by atoms with Crippen LogP contribution in [0.4, 0.5) is 5.13 Å². The molecule has 4 aromatic rings. The Hall–Kier alpha value is -4.31. The molecule has 2 aromatic carbocycles. The van der Waals surface area contributed by atoms with E-state index in [0.717, 1.165) is 16.8 Å². The highest BCUT2D eigenvalue weighted by Crippen LogP contribution is 2.39. The molecule has 0 aliphatic heterocycles. The number of carbonyl (C=O) groups is 1. The van der Waals surface area contributed by atoms with Crippen LogP contribution in [0.5, 0.6) is 17.2 Å². The summed E-state index contributed by atoms with van der Waals surface area (Å²) in [6.45, 7) is 0.0620. The quantitative estimate of drug-likeness (QED) is 0.182. The number of rotatable bonds is 10. The first-order valence-electron chi connectivity index (χ1n) is 10.5. The number of anilines is 1. The van der Waals surface area contributed by atoms with Crippen LogP contribution in [-0.2, 0) is 11.3 Å². The zero-order chi connectivity index (χ0) is 24.6. The van der Waals surface area contributed by atoms with Gasteiger partial charge in [0.25, 0.3) is 0 Å². The second-order valence-corrected chi connectivity index (χ2v) is 7.93. The van der Waals surface area contributed by atoms with Crippen LogP contribution in [0.1, 0.15) is 21.9 Å². The monoisotopic (exact) mass is 493 g/mol. The van der Waals surface area contributed by atoms with E-state index < -0.39 is 5.97 Å². The van der Waals surface area contributed by atoms with Gasteiger partial charge in [-0.05, 0) is 24.3 Å². The normalized spacial score (nSPS) is 10.8. The van der Waals surface area contributed by atoms with Gasteiger partial charge in [-0.25, -0.2) is 9.78 Å². The fourth-order valence-corrected chi connectivity index (χ4v) is 3.82. The molecule has 35 heavy (non-hydrogen) atoms. The minimum atomic E-state index is -0.558. The Balaban J connectivity index is 1.45. The van der Waals surface area contributed by atoms with Crippen molar-refractivity contribution in [1.29, 1.82) is 0 Å². The lowest BCUT2D eigenvalue weighted by Crippen LogP contribution is -2.01. The maximum absolute atomic E-state index is 11.6. The summed E-state index contributed by atoms with van der Waals surface area (Å²) in [5.74, 6) is 1.28. The third-order valence-corrected chi connectivity index (χ3v) is 5.58. The van der Waals surface area contributed by atoms with Crippen molar-refractivity contribution in [2.45, 2.75) is 6.61 Å². The van der Waals surface area contributed by atoms with Crippen molar-refractivity contribution in [3.05, 3.63) is 77.1 Å². The first-order valence-corrected chi connectivity index (χ1v) is 11.3. The first kappa shape index (κ1) is 23.8. The number of ether oxygens (including phenoxy) is 4. The van der Waals surface area contributed by atoms with Crippen molar-refractivity contribution >= 4 is 28.7 Å². The molecular weight excluding hydrogens is 470 g/mol. The highest BCUT2D eigenvalue weighted by molar-refractivity contribution is 7.14. The van der Waals surface area contributed by atoms with E-state index in [9.17, 15) is 4.79 Å². The van der Waals surface area contributed by atoms with Gasteiger partial charge in [-0.3, -0.25) is 5.43 Å². The molecule has 1 N–H and O–H groups in total. The van der Waals surface area contributed by atoms with E-state index >= 15 is 0 Å². The van der Waals surface area contributed by atoms with Crippen molar-refractivity contribution in [2.24, 2.45) is 5.10 Å². The second kappa shape index (κ2) is 11.2. The van der Waals surface area contributed by atoms with Gasteiger partial charge in [0.15, 0.2) is 11.5 Å². The van der Waals surface area contributed by atoms with Gasteiger partial charge in [-0.15, -0.1) is 11.3 Å². The summed E-state index contributed by atoms with van der Waals surface area (Å²) in [5.41, 5.74) is 5.60. The number of nitrogens with one attached hydrogen (secondary N) is 1. The van der Waals surface area contributed by atoms with Crippen molar-refractivity contribution in [2.75, 3.05) is 26.8 Å². The third kappa shape index (κ3) is 5.79. The molecule has 0 saturated heterocycles. The van der Waals surface area contributed by atoms with Gasteiger partial charge in [0.05, 0.1) is 33.2 Å². The van der Waals surface area contributed by atoms with Gasteiger partial charge >= 0.3 is 5.97 Å². The number of thiazole rings is 1. The second-order valence-electron chi connectivity index (χ2n) is 7.07. The van der Waals surface area contributed by atoms with E-state index in [2.05, 4.69) is 20.2 Å². The lowest BCUT2D eigenvalue weighted by molar-refractivity contribution is 0.0560. The number of hydrogen-bond donors (Lipinski definition) is 1. The van der Waals surface area contributed by atoms with Gasteiger partial charge in [-0.1, -0.05) is 30.3 Å². The van der Waals surface area contributed by atoms with E-state index in [4.69, 9.17) is 18.6 Å². The molecule has 10 heteroatoms. The SMILES string of the molecule is COC(=O)c1ccc(COc2c(OC)cc(C=NNc3nc(-c4ccccc4)cs3)cc2OC)o1. The fraction of sp³-hybridized carbons (Fsp3) is 0.160. The predicted octanol–water partition coefficient (Wildman–Crippen LogP) is 5.23. The maximum Gasteiger partial charge on any atom is 0.373 e. The first-order chi connectivity index (χ1) is 17.1. The number of hydrogen-bond acceptors (Lipinski definition) is 10. The van der Waals surface area contributed by atoms with E-state index in [0.29, 0.717) is 28.1 Å². The smallest absolute Gasteiger partial charge is 0.373 e. The Morgan fingerprint density at radius 2 is 1.83 bits per heavy atom. The summed E-state index contributed by atoms with van der Waals surface area (Å²) in [6, 6.07) is 16.6. The number of nitrogens with zero attached hydrogens (tertiary/aromatic N) is 2. The molecule has 180 valence electrons. The number of carbonyl (C=O) groups excluding carboxylic acids is 1. The van der Waals surface area contributed by atoms with Gasteiger partial charge in [-0.2, -0.15) is 5.10 Å². The van der Waals surface area contributed by atoms with Gasteiger partial charge < -0.3 is 23.4 Å². The van der Waals surface area contributed by atoms with E-state index in [-0.39, 0.29) is 12.4 Å². The zero-order valence-corrected chi connectivity index (χ0v) is 20.1. The molecule has 0 bridgehead atoms. The molecule has 0 unspecified atom stereocenters. The van der Waals surface area contributed by atoms with Crippen molar-refractivity contribution < 1.29 is 28.2 Å². The minimum Gasteiger partial charge on any atom is -0.493 e. The number of aromatic nitrogens is 1. The summed E-state index contributed by atoms with van der Waals surface area (Å²) >= 11 is 1.46. The molecule has 0 saturated carbocycles. The summed E-state index contributed by atoms with van der Waals surface area (Å²) < 4.78 is 26.9. The van der Waals surface area contributed by atoms with Crippen LogP contribution in [0.2, 0.25) is 0 Å². The molecular formula is C25H23N3O6S.